The maximum atomic E-state index is 12.9. The van der Waals surface area contributed by atoms with E-state index in [0.717, 1.165) is 12.3 Å². The molecule has 0 radical (unpaired) electrons. The minimum absolute atomic E-state index is 0.0433. The first-order chi connectivity index (χ1) is 8.04. The molecule has 94 valence electrons. The normalized spacial score (nSPS) is 12.2. The second-order valence-corrected chi connectivity index (χ2v) is 3.77. The number of anilines is 1. The molecule has 6 heteroatoms. The molecule has 0 saturated heterocycles. The van der Waals surface area contributed by atoms with Crippen LogP contribution < -0.4 is 5.32 Å². The Morgan fingerprint density at radius 2 is 2.35 bits per heavy atom. The van der Waals surface area contributed by atoms with Crippen LogP contribution in [0, 0.1) is 5.82 Å². The molecule has 1 unspecified atom stereocenters. The van der Waals surface area contributed by atoms with E-state index in [0.29, 0.717) is 12.8 Å². The zero-order valence-electron chi connectivity index (χ0n) is 9.48. The number of hydrogen-bond acceptors (Lipinski definition) is 4. The van der Waals surface area contributed by atoms with Gasteiger partial charge in [-0.15, -0.1) is 0 Å². The van der Waals surface area contributed by atoms with E-state index in [1.54, 1.807) is 0 Å². The van der Waals surface area contributed by atoms with Gasteiger partial charge in [0.15, 0.2) is 0 Å². The van der Waals surface area contributed by atoms with Gasteiger partial charge in [0.2, 0.25) is 0 Å². The summed E-state index contributed by atoms with van der Waals surface area (Å²) in [5.41, 5.74) is -0.194. The van der Waals surface area contributed by atoms with Crippen LogP contribution in [0.3, 0.4) is 0 Å². The highest BCUT2D eigenvalue weighted by atomic mass is 19.1. The minimum atomic E-state index is -1.23. The molecule has 0 spiro atoms. The van der Waals surface area contributed by atoms with E-state index in [1.165, 1.54) is 0 Å². The Hall–Kier alpha value is -1.69. The quantitative estimate of drug-likeness (QED) is 0.704. The molecule has 0 bridgehead atoms. The van der Waals surface area contributed by atoms with Crippen LogP contribution in [0.25, 0.3) is 0 Å². The third-order valence-electron chi connectivity index (χ3n) is 2.26. The van der Waals surface area contributed by atoms with Crippen molar-refractivity contribution in [1.82, 2.24) is 4.98 Å². The molecule has 1 atom stereocenters. The molecule has 0 fully saturated rings. The van der Waals surface area contributed by atoms with Crippen molar-refractivity contribution in [2.24, 2.45) is 0 Å². The smallest absolute Gasteiger partial charge is 0.339 e. The van der Waals surface area contributed by atoms with E-state index in [9.17, 15) is 9.18 Å². The Kier molecular flexibility index (Phi) is 4.84. The molecule has 3 N–H and O–H groups in total. The van der Waals surface area contributed by atoms with E-state index in [-0.39, 0.29) is 24.0 Å². The summed E-state index contributed by atoms with van der Waals surface area (Å²) in [5, 5.41) is 20.4. The van der Waals surface area contributed by atoms with Gasteiger partial charge in [-0.25, -0.2) is 14.2 Å². The SMILES string of the molecule is CC(CCCO)Nc1ncc(F)cc1C(=O)O. The Labute approximate surface area is 98.3 Å². The van der Waals surface area contributed by atoms with Gasteiger partial charge in [-0.2, -0.15) is 0 Å². The highest BCUT2D eigenvalue weighted by Gasteiger charge is 2.14. The summed E-state index contributed by atoms with van der Waals surface area (Å²) >= 11 is 0. The Morgan fingerprint density at radius 1 is 1.65 bits per heavy atom. The van der Waals surface area contributed by atoms with Crippen LogP contribution in [0.4, 0.5) is 10.2 Å². The average Bonchev–Trinajstić information content (AvgIpc) is 2.28. The topological polar surface area (TPSA) is 82.5 Å². The second kappa shape index (κ2) is 6.15. The van der Waals surface area contributed by atoms with Gasteiger partial charge in [-0.1, -0.05) is 0 Å². The summed E-state index contributed by atoms with van der Waals surface area (Å²) in [4.78, 5) is 14.6. The highest BCUT2D eigenvalue weighted by Crippen LogP contribution is 2.15. The largest absolute Gasteiger partial charge is 0.478 e. The van der Waals surface area contributed by atoms with E-state index in [1.807, 2.05) is 6.92 Å². The number of nitrogens with zero attached hydrogens (tertiary/aromatic N) is 1. The summed E-state index contributed by atoms with van der Waals surface area (Å²) in [7, 11) is 0. The fourth-order valence-electron chi connectivity index (χ4n) is 1.42. The van der Waals surface area contributed by atoms with Gasteiger partial charge in [0.25, 0.3) is 0 Å². The highest BCUT2D eigenvalue weighted by molar-refractivity contribution is 5.93. The van der Waals surface area contributed by atoms with Crippen LogP contribution in [-0.4, -0.2) is 33.8 Å². The van der Waals surface area contributed by atoms with Crippen molar-refractivity contribution < 1.29 is 19.4 Å². The first-order valence-electron chi connectivity index (χ1n) is 5.31. The number of carboxylic acids is 1. The van der Waals surface area contributed by atoms with Gasteiger partial charge in [0.1, 0.15) is 17.2 Å². The molecule has 17 heavy (non-hydrogen) atoms. The molecular weight excluding hydrogens is 227 g/mol. The van der Waals surface area contributed by atoms with Crippen molar-refractivity contribution in [3.63, 3.8) is 0 Å². The lowest BCUT2D eigenvalue weighted by molar-refractivity contribution is 0.0697. The van der Waals surface area contributed by atoms with Crippen molar-refractivity contribution in [2.75, 3.05) is 11.9 Å². The number of aliphatic hydroxyl groups excluding tert-OH is 1. The number of carboxylic acid groups (broad SMARTS) is 1. The van der Waals surface area contributed by atoms with Gasteiger partial charge in [0, 0.05) is 12.6 Å². The van der Waals surface area contributed by atoms with Gasteiger partial charge >= 0.3 is 5.97 Å². The van der Waals surface area contributed by atoms with E-state index < -0.39 is 11.8 Å². The molecule has 1 heterocycles. The van der Waals surface area contributed by atoms with Crippen LogP contribution in [0.1, 0.15) is 30.1 Å². The number of aliphatic hydroxyl groups is 1. The number of carbonyl (C=O) groups is 1. The molecule has 1 aromatic heterocycles. The molecular formula is C11H15FN2O3. The Morgan fingerprint density at radius 3 is 2.94 bits per heavy atom. The number of halogens is 1. The molecule has 0 saturated carbocycles. The number of aromatic carboxylic acids is 1. The summed E-state index contributed by atoms with van der Waals surface area (Å²) in [6, 6.07) is 0.884. The summed E-state index contributed by atoms with van der Waals surface area (Å²) in [6.07, 6.45) is 2.25. The van der Waals surface area contributed by atoms with E-state index in [2.05, 4.69) is 10.3 Å². The molecule has 0 aliphatic carbocycles. The lowest BCUT2D eigenvalue weighted by Crippen LogP contribution is -2.19. The number of pyridine rings is 1. The maximum absolute atomic E-state index is 12.9. The monoisotopic (exact) mass is 242 g/mol. The minimum Gasteiger partial charge on any atom is -0.478 e. The summed E-state index contributed by atoms with van der Waals surface area (Å²) < 4.78 is 12.9. The lowest BCUT2D eigenvalue weighted by Gasteiger charge is -2.15. The fourth-order valence-corrected chi connectivity index (χ4v) is 1.42. The summed E-state index contributed by atoms with van der Waals surface area (Å²) in [6.45, 7) is 1.92. The van der Waals surface area contributed by atoms with Crippen LogP contribution in [0.5, 0.6) is 0 Å². The average molecular weight is 242 g/mol. The van der Waals surface area contributed by atoms with Gasteiger partial charge in [-0.3, -0.25) is 0 Å². The van der Waals surface area contributed by atoms with E-state index in [4.69, 9.17) is 10.2 Å². The Balaban J connectivity index is 2.79. The van der Waals surface area contributed by atoms with Crippen molar-refractivity contribution >= 4 is 11.8 Å². The molecule has 1 rings (SSSR count). The van der Waals surface area contributed by atoms with Crippen molar-refractivity contribution in [3.8, 4) is 0 Å². The third-order valence-corrected chi connectivity index (χ3v) is 2.26. The molecule has 0 aromatic carbocycles. The second-order valence-electron chi connectivity index (χ2n) is 3.77. The van der Waals surface area contributed by atoms with Crippen LogP contribution in [-0.2, 0) is 0 Å². The maximum Gasteiger partial charge on any atom is 0.339 e. The Bertz CT molecular complexity index is 398. The van der Waals surface area contributed by atoms with Crippen molar-refractivity contribution in [2.45, 2.75) is 25.8 Å². The van der Waals surface area contributed by atoms with E-state index >= 15 is 0 Å². The predicted octanol–water partition coefficient (Wildman–Crippen LogP) is 1.49. The molecule has 1 aromatic rings. The number of rotatable bonds is 6. The zero-order chi connectivity index (χ0) is 12.8. The zero-order valence-corrected chi connectivity index (χ0v) is 9.48. The first-order valence-corrected chi connectivity index (χ1v) is 5.31. The van der Waals surface area contributed by atoms with Crippen molar-refractivity contribution in [1.29, 1.82) is 0 Å². The molecule has 0 aliphatic heterocycles. The number of aromatic nitrogens is 1. The molecule has 0 aliphatic rings. The molecule has 5 nitrogen and oxygen atoms in total. The standard InChI is InChI=1S/C11H15FN2O3/c1-7(3-2-4-15)14-10-9(11(16)17)5-8(12)6-13-10/h5-7,15H,2-4H2,1H3,(H,13,14)(H,16,17). The number of hydrogen-bond donors (Lipinski definition) is 3. The third kappa shape index (κ3) is 3.99. The van der Waals surface area contributed by atoms with Crippen LogP contribution >= 0.6 is 0 Å². The van der Waals surface area contributed by atoms with Gasteiger partial charge in [0.05, 0.1) is 6.20 Å². The van der Waals surface area contributed by atoms with Crippen molar-refractivity contribution in [3.05, 3.63) is 23.6 Å². The molecule has 0 amide bonds. The van der Waals surface area contributed by atoms with Crippen LogP contribution in [0.15, 0.2) is 12.3 Å². The van der Waals surface area contributed by atoms with Crippen LogP contribution in [0.2, 0.25) is 0 Å². The summed E-state index contributed by atoms with van der Waals surface area (Å²) in [5.74, 6) is -1.77. The lowest BCUT2D eigenvalue weighted by atomic mass is 10.1. The first kappa shape index (κ1) is 13.4. The fraction of sp³-hybridized carbons (Fsp3) is 0.455. The number of nitrogens with one attached hydrogen (secondary N) is 1. The van der Waals surface area contributed by atoms with Gasteiger partial charge < -0.3 is 15.5 Å². The predicted molar refractivity (Wildman–Crippen MR) is 60.6 cm³/mol. The van der Waals surface area contributed by atoms with Gasteiger partial charge in [-0.05, 0) is 25.8 Å².